The van der Waals surface area contributed by atoms with Gasteiger partial charge in [-0.1, -0.05) is 54.1 Å². The largest absolute Gasteiger partial charge is 0.481 e. The molecular weight excluding hydrogens is 274 g/mol. The first-order chi connectivity index (χ1) is 10.5. The van der Waals surface area contributed by atoms with Crippen LogP contribution in [0.1, 0.15) is 28.7 Å². The van der Waals surface area contributed by atoms with Gasteiger partial charge in [0.25, 0.3) is 0 Å². The Morgan fingerprint density at radius 2 is 1.86 bits per heavy atom. The first kappa shape index (κ1) is 16.2. The van der Waals surface area contributed by atoms with Crippen LogP contribution in [0.4, 0.5) is 0 Å². The highest BCUT2D eigenvalue weighted by Gasteiger charge is 2.14. The van der Waals surface area contributed by atoms with Crippen molar-refractivity contribution in [3.63, 3.8) is 0 Å². The quantitative estimate of drug-likeness (QED) is 0.822. The van der Waals surface area contributed by atoms with Crippen LogP contribution >= 0.6 is 0 Å². The van der Waals surface area contributed by atoms with Crippen molar-refractivity contribution in [2.45, 2.75) is 39.3 Å². The van der Waals surface area contributed by atoms with Crippen LogP contribution in [0.2, 0.25) is 0 Å². The molecule has 0 radical (unpaired) electrons. The first-order valence-electron chi connectivity index (χ1n) is 7.60. The Bertz CT molecular complexity index is 623. The van der Waals surface area contributed by atoms with Crippen LogP contribution in [-0.4, -0.2) is 17.1 Å². The molecular formula is C19H23NO2. The number of carbonyl (C=O) groups is 1. The summed E-state index contributed by atoms with van der Waals surface area (Å²) in [5, 5.41) is 12.5. The lowest BCUT2D eigenvalue weighted by atomic mass is 10.0. The number of aryl methyl sites for hydroxylation is 2. The normalized spacial score (nSPS) is 12.1. The summed E-state index contributed by atoms with van der Waals surface area (Å²) >= 11 is 0. The average Bonchev–Trinajstić information content (AvgIpc) is 2.46. The molecule has 1 atom stereocenters. The highest BCUT2D eigenvalue weighted by atomic mass is 16.4. The van der Waals surface area contributed by atoms with Crippen LogP contribution in [0.25, 0.3) is 0 Å². The van der Waals surface area contributed by atoms with Gasteiger partial charge in [0, 0.05) is 12.6 Å². The lowest BCUT2D eigenvalue weighted by molar-refractivity contribution is -0.137. The van der Waals surface area contributed by atoms with Crippen molar-refractivity contribution in [3.05, 3.63) is 70.8 Å². The molecule has 0 amide bonds. The molecule has 3 heteroatoms. The third-order valence-corrected chi connectivity index (χ3v) is 3.83. The fourth-order valence-corrected chi connectivity index (χ4v) is 2.62. The van der Waals surface area contributed by atoms with Gasteiger partial charge in [-0.25, -0.2) is 0 Å². The molecule has 22 heavy (non-hydrogen) atoms. The zero-order chi connectivity index (χ0) is 15.9. The zero-order valence-corrected chi connectivity index (χ0v) is 13.2. The second-order valence-electron chi connectivity index (χ2n) is 5.80. The van der Waals surface area contributed by atoms with Gasteiger partial charge in [-0.15, -0.1) is 0 Å². The summed E-state index contributed by atoms with van der Waals surface area (Å²) in [5.74, 6) is -0.769. The van der Waals surface area contributed by atoms with Crippen LogP contribution in [-0.2, 0) is 17.8 Å². The van der Waals surface area contributed by atoms with Gasteiger partial charge >= 0.3 is 5.97 Å². The third kappa shape index (κ3) is 5.01. The molecule has 1 unspecified atom stereocenters. The van der Waals surface area contributed by atoms with Crippen LogP contribution in [0.3, 0.4) is 0 Å². The Balaban J connectivity index is 2.01. The third-order valence-electron chi connectivity index (χ3n) is 3.83. The molecule has 0 aliphatic carbocycles. The molecule has 3 nitrogen and oxygen atoms in total. The maximum absolute atomic E-state index is 11.1. The zero-order valence-electron chi connectivity index (χ0n) is 13.2. The molecule has 2 aromatic carbocycles. The van der Waals surface area contributed by atoms with Crippen molar-refractivity contribution in [2.75, 3.05) is 0 Å². The van der Waals surface area contributed by atoms with Gasteiger partial charge in [-0.2, -0.15) is 0 Å². The number of carboxylic acids is 1. The monoisotopic (exact) mass is 297 g/mol. The van der Waals surface area contributed by atoms with E-state index < -0.39 is 5.97 Å². The predicted octanol–water partition coefficient (Wildman–Crippen LogP) is 3.48. The summed E-state index contributed by atoms with van der Waals surface area (Å²) in [7, 11) is 0. The molecule has 116 valence electrons. The molecule has 2 rings (SSSR count). The average molecular weight is 297 g/mol. The van der Waals surface area contributed by atoms with Gasteiger partial charge in [-0.3, -0.25) is 4.79 Å². The van der Waals surface area contributed by atoms with Crippen LogP contribution in [0.15, 0.2) is 48.5 Å². The number of hydrogen-bond acceptors (Lipinski definition) is 2. The number of carboxylic acid groups (broad SMARTS) is 1. The molecule has 0 heterocycles. The maximum atomic E-state index is 11.1. The van der Waals surface area contributed by atoms with Crippen molar-refractivity contribution in [3.8, 4) is 0 Å². The molecule has 0 spiro atoms. The Hall–Kier alpha value is -2.13. The maximum Gasteiger partial charge on any atom is 0.304 e. The summed E-state index contributed by atoms with van der Waals surface area (Å²) in [5.41, 5.74) is 4.85. The first-order valence-corrected chi connectivity index (χ1v) is 7.60. The summed E-state index contributed by atoms with van der Waals surface area (Å²) in [6, 6.07) is 16.3. The Kier molecular flexibility index (Phi) is 5.73. The van der Waals surface area contributed by atoms with Gasteiger partial charge in [0.1, 0.15) is 0 Å². The molecule has 0 aliphatic heterocycles. The van der Waals surface area contributed by atoms with Crippen LogP contribution < -0.4 is 5.32 Å². The smallest absolute Gasteiger partial charge is 0.304 e. The lowest BCUT2D eigenvalue weighted by Crippen LogP contribution is -2.33. The molecule has 0 aliphatic rings. The molecule has 0 saturated carbocycles. The summed E-state index contributed by atoms with van der Waals surface area (Å²) < 4.78 is 0. The van der Waals surface area contributed by atoms with Crippen LogP contribution in [0.5, 0.6) is 0 Å². The van der Waals surface area contributed by atoms with E-state index in [1.54, 1.807) is 0 Å². The predicted molar refractivity (Wildman–Crippen MR) is 88.9 cm³/mol. The molecule has 2 aromatic rings. The number of hydrogen-bond donors (Lipinski definition) is 2. The van der Waals surface area contributed by atoms with E-state index >= 15 is 0 Å². The fraction of sp³-hybridized carbons (Fsp3) is 0.316. The second-order valence-corrected chi connectivity index (χ2v) is 5.80. The molecule has 0 bridgehead atoms. The van der Waals surface area contributed by atoms with Crippen molar-refractivity contribution in [1.82, 2.24) is 5.32 Å². The number of rotatable bonds is 7. The van der Waals surface area contributed by atoms with Gasteiger partial charge in [-0.05, 0) is 37.0 Å². The minimum absolute atomic E-state index is 0.0689. The number of aliphatic carboxylic acids is 1. The van der Waals surface area contributed by atoms with E-state index in [2.05, 4.69) is 37.4 Å². The second kappa shape index (κ2) is 7.76. The Morgan fingerprint density at radius 1 is 1.14 bits per heavy atom. The van der Waals surface area contributed by atoms with Gasteiger partial charge in [0.15, 0.2) is 0 Å². The Morgan fingerprint density at radius 3 is 2.50 bits per heavy atom. The van der Waals surface area contributed by atoms with E-state index in [1.807, 2.05) is 30.3 Å². The lowest BCUT2D eigenvalue weighted by Gasteiger charge is -2.18. The van der Waals surface area contributed by atoms with Gasteiger partial charge < -0.3 is 10.4 Å². The molecule has 0 aromatic heterocycles. The highest BCUT2D eigenvalue weighted by Crippen LogP contribution is 2.12. The summed E-state index contributed by atoms with van der Waals surface area (Å²) in [6.45, 7) is 4.86. The van der Waals surface area contributed by atoms with E-state index in [1.165, 1.54) is 16.7 Å². The van der Waals surface area contributed by atoms with Gasteiger partial charge in [0.05, 0.1) is 6.42 Å². The molecule has 2 N–H and O–H groups in total. The van der Waals surface area contributed by atoms with E-state index in [0.29, 0.717) is 6.54 Å². The van der Waals surface area contributed by atoms with E-state index in [9.17, 15) is 4.79 Å². The summed E-state index contributed by atoms with van der Waals surface area (Å²) in [4.78, 5) is 11.1. The highest BCUT2D eigenvalue weighted by molar-refractivity contribution is 5.67. The minimum Gasteiger partial charge on any atom is -0.481 e. The van der Waals surface area contributed by atoms with E-state index in [0.717, 1.165) is 12.0 Å². The summed E-state index contributed by atoms with van der Waals surface area (Å²) in [6.07, 6.45) is 0.845. The topological polar surface area (TPSA) is 49.3 Å². The van der Waals surface area contributed by atoms with E-state index in [-0.39, 0.29) is 12.5 Å². The van der Waals surface area contributed by atoms with Crippen LogP contribution in [0, 0.1) is 13.8 Å². The molecule has 0 saturated heterocycles. The molecule has 0 fully saturated rings. The fourth-order valence-electron chi connectivity index (χ4n) is 2.62. The van der Waals surface area contributed by atoms with E-state index in [4.69, 9.17) is 5.11 Å². The standard InChI is InChI=1S/C19H23NO2/c1-14-8-9-17(15(2)10-14)13-20-18(12-19(21)22)11-16-6-4-3-5-7-16/h3-10,18,20H,11-13H2,1-2H3,(H,21,22). The van der Waals surface area contributed by atoms with Gasteiger partial charge in [0.2, 0.25) is 0 Å². The number of benzene rings is 2. The SMILES string of the molecule is Cc1ccc(CNC(CC(=O)O)Cc2ccccc2)c(C)c1. The van der Waals surface area contributed by atoms with Crippen molar-refractivity contribution < 1.29 is 9.90 Å². The van der Waals surface area contributed by atoms with Crippen molar-refractivity contribution >= 4 is 5.97 Å². The van der Waals surface area contributed by atoms with Crippen molar-refractivity contribution in [2.24, 2.45) is 0 Å². The Labute approximate surface area is 132 Å². The number of nitrogens with one attached hydrogen (secondary N) is 1. The van der Waals surface area contributed by atoms with Crippen molar-refractivity contribution in [1.29, 1.82) is 0 Å². The minimum atomic E-state index is -0.769.